The van der Waals surface area contributed by atoms with Crippen molar-refractivity contribution in [2.45, 2.75) is 6.42 Å². The summed E-state index contributed by atoms with van der Waals surface area (Å²) in [6.07, 6.45) is 0.826. The van der Waals surface area contributed by atoms with Crippen molar-refractivity contribution < 1.29 is 13.9 Å². The molecule has 1 unspecified atom stereocenters. The molecule has 0 saturated carbocycles. The van der Waals surface area contributed by atoms with Gasteiger partial charge in [-0.25, -0.2) is 8.78 Å². The van der Waals surface area contributed by atoms with E-state index in [1.165, 1.54) is 6.07 Å². The number of hydrogen-bond donors (Lipinski definition) is 1. The molecule has 1 fully saturated rings. The number of aliphatic hydroxyl groups excluding tert-OH is 1. The van der Waals surface area contributed by atoms with Gasteiger partial charge in [-0.05, 0) is 18.6 Å². The molecule has 1 aromatic rings. The maximum atomic E-state index is 13.4. The van der Waals surface area contributed by atoms with Crippen LogP contribution in [0.5, 0.6) is 0 Å². The van der Waals surface area contributed by atoms with Crippen molar-refractivity contribution >= 4 is 5.69 Å². The third kappa shape index (κ3) is 1.95. The lowest BCUT2D eigenvalue weighted by molar-refractivity contribution is 0.238. The molecule has 82 valence electrons. The van der Waals surface area contributed by atoms with Gasteiger partial charge in [0.15, 0.2) is 11.6 Å². The average Bonchev–Trinajstić information content (AvgIpc) is 2.70. The van der Waals surface area contributed by atoms with Crippen molar-refractivity contribution in [2.75, 3.05) is 24.6 Å². The molecule has 0 spiro atoms. The highest BCUT2D eigenvalue weighted by Crippen LogP contribution is 2.27. The number of rotatable bonds is 2. The summed E-state index contributed by atoms with van der Waals surface area (Å²) in [6, 6.07) is 4.18. The lowest BCUT2D eigenvalue weighted by atomic mass is 10.1. The molecule has 1 saturated heterocycles. The SMILES string of the molecule is OCC1CCN(c2cccc(F)c2F)C1. The van der Waals surface area contributed by atoms with Crippen molar-refractivity contribution in [3.8, 4) is 0 Å². The Balaban J connectivity index is 2.20. The molecule has 1 aromatic carbocycles. The van der Waals surface area contributed by atoms with Crippen LogP contribution in [0.4, 0.5) is 14.5 Å². The van der Waals surface area contributed by atoms with Gasteiger partial charge >= 0.3 is 0 Å². The Morgan fingerprint density at radius 3 is 2.87 bits per heavy atom. The molecule has 2 nitrogen and oxygen atoms in total. The largest absolute Gasteiger partial charge is 0.396 e. The van der Waals surface area contributed by atoms with Crippen LogP contribution in [0.25, 0.3) is 0 Å². The van der Waals surface area contributed by atoms with E-state index in [2.05, 4.69) is 0 Å². The van der Waals surface area contributed by atoms with E-state index >= 15 is 0 Å². The number of benzene rings is 1. The summed E-state index contributed by atoms with van der Waals surface area (Å²) in [5.74, 6) is -1.44. The van der Waals surface area contributed by atoms with Gasteiger partial charge in [0, 0.05) is 25.6 Å². The minimum absolute atomic E-state index is 0.105. The zero-order chi connectivity index (χ0) is 10.8. The van der Waals surface area contributed by atoms with Crippen molar-refractivity contribution in [3.63, 3.8) is 0 Å². The van der Waals surface area contributed by atoms with Crippen molar-refractivity contribution in [1.29, 1.82) is 0 Å². The highest BCUT2D eigenvalue weighted by molar-refractivity contribution is 5.48. The molecule has 1 atom stereocenters. The zero-order valence-electron chi connectivity index (χ0n) is 8.29. The van der Waals surface area contributed by atoms with Gasteiger partial charge in [0.25, 0.3) is 0 Å². The Labute approximate surface area is 87.1 Å². The Hall–Kier alpha value is -1.16. The van der Waals surface area contributed by atoms with Crippen LogP contribution >= 0.6 is 0 Å². The van der Waals surface area contributed by atoms with E-state index in [0.29, 0.717) is 18.8 Å². The lowest BCUT2D eigenvalue weighted by Crippen LogP contribution is -2.22. The van der Waals surface area contributed by atoms with Gasteiger partial charge in [0.05, 0.1) is 5.69 Å². The first-order valence-electron chi connectivity index (χ1n) is 5.02. The van der Waals surface area contributed by atoms with Crippen molar-refractivity contribution in [1.82, 2.24) is 0 Å². The van der Waals surface area contributed by atoms with E-state index in [1.54, 1.807) is 11.0 Å². The van der Waals surface area contributed by atoms with Gasteiger partial charge < -0.3 is 10.0 Å². The summed E-state index contributed by atoms with van der Waals surface area (Å²) >= 11 is 0. The minimum Gasteiger partial charge on any atom is -0.396 e. The molecule has 15 heavy (non-hydrogen) atoms. The zero-order valence-corrected chi connectivity index (χ0v) is 8.29. The summed E-state index contributed by atoms with van der Waals surface area (Å²) in [7, 11) is 0. The van der Waals surface area contributed by atoms with Crippen LogP contribution in [0.3, 0.4) is 0 Å². The first-order chi connectivity index (χ1) is 7.22. The van der Waals surface area contributed by atoms with Gasteiger partial charge in [-0.2, -0.15) is 0 Å². The van der Waals surface area contributed by atoms with Crippen LogP contribution in [0.1, 0.15) is 6.42 Å². The molecular weight excluding hydrogens is 200 g/mol. The molecule has 0 radical (unpaired) electrons. The second-order valence-corrected chi connectivity index (χ2v) is 3.86. The number of hydrogen-bond acceptors (Lipinski definition) is 2. The Morgan fingerprint density at radius 2 is 2.20 bits per heavy atom. The van der Waals surface area contributed by atoms with Gasteiger partial charge in [-0.3, -0.25) is 0 Å². The first kappa shape index (κ1) is 10.4. The molecule has 0 amide bonds. The molecule has 0 aliphatic carbocycles. The Morgan fingerprint density at radius 1 is 1.40 bits per heavy atom. The highest BCUT2D eigenvalue weighted by atomic mass is 19.2. The topological polar surface area (TPSA) is 23.5 Å². The van der Waals surface area contributed by atoms with Crippen LogP contribution in [-0.2, 0) is 0 Å². The summed E-state index contributed by atoms with van der Waals surface area (Å²) in [6.45, 7) is 1.37. The number of aliphatic hydroxyl groups is 1. The molecule has 0 bridgehead atoms. The summed E-state index contributed by atoms with van der Waals surface area (Å²) < 4.78 is 26.4. The van der Waals surface area contributed by atoms with E-state index in [9.17, 15) is 8.78 Å². The maximum absolute atomic E-state index is 13.4. The van der Waals surface area contributed by atoms with Crippen LogP contribution < -0.4 is 4.90 Å². The van der Waals surface area contributed by atoms with Crippen molar-refractivity contribution in [3.05, 3.63) is 29.8 Å². The van der Waals surface area contributed by atoms with Gasteiger partial charge in [-0.15, -0.1) is 0 Å². The van der Waals surface area contributed by atoms with E-state index in [1.807, 2.05) is 0 Å². The van der Waals surface area contributed by atoms with Crippen molar-refractivity contribution in [2.24, 2.45) is 5.92 Å². The van der Waals surface area contributed by atoms with E-state index in [4.69, 9.17) is 5.11 Å². The summed E-state index contributed by atoms with van der Waals surface area (Å²) in [5, 5.41) is 8.96. The number of halogens is 2. The Bertz CT molecular complexity index is 356. The number of nitrogens with zero attached hydrogens (tertiary/aromatic N) is 1. The van der Waals surface area contributed by atoms with E-state index in [0.717, 1.165) is 12.5 Å². The fourth-order valence-corrected chi connectivity index (χ4v) is 1.94. The number of anilines is 1. The average molecular weight is 213 g/mol. The third-order valence-corrected chi connectivity index (χ3v) is 2.82. The molecular formula is C11H13F2NO. The van der Waals surface area contributed by atoms with Gasteiger partial charge in [-0.1, -0.05) is 6.07 Å². The van der Waals surface area contributed by atoms with Crippen LogP contribution in [0, 0.1) is 17.6 Å². The predicted octanol–water partition coefficient (Wildman–Crippen LogP) is 1.78. The fourth-order valence-electron chi connectivity index (χ4n) is 1.94. The molecule has 4 heteroatoms. The highest BCUT2D eigenvalue weighted by Gasteiger charge is 2.24. The molecule has 0 aromatic heterocycles. The molecule has 1 aliphatic heterocycles. The first-order valence-corrected chi connectivity index (χ1v) is 5.02. The lowest BCUT2D eigenvalue weighted by Gasteiger charge is -2.19. The van der Waals surface area contributed by atoms with Crippen LogP contribution in [0.2, 0.25) is 0 Å². The van der Waals surface area contributed by atoms with Crippen LogP contribution in [-0.4, -0.2) is 24.8 Å². The third-order valence-electron chi connectivity index (χ3n) is 2.82. The molecule has 1 heterocycles. The quantitative estimate of drug-likeness (QED) is 0.809. The molecule has 2 rings (SSSR count). The minimum atomic E-state index is -0.819. The normalized spacial score (nSPS) is 21.0. The molecule has 1 aliphatic rings. The Kier molecular flexibility index (Phi) is 2.86. The predicted molar refractivity (Wildman–Crippen MR) is 53.8 cm³/mol. The summed E-state index contributed by atoms with van der Waals surface area (Å²) in [5.41, 5.74) is 0.297. The van der Waals surface area contributed by atoms with Gasteiger partial charge in [0.1, 0.15) is 0 Å². The monoisotopic (exact) mass is 213 g/mol. The fraction of sp³-hybridized carbons (Fsp3) is 0.455. The van der Waals surface area contributed by atoms with E-state index < -0.39 is 11.6 Å². The van der Waals surface area contributed by atoms with E-state index in [-0.39, 0.29) is 12.5 Å². The van der Waals surface area contributed by atoms with Gasteiger partial charge in [0.2, 0.25) is 0 Å². The molecule has 1 N–H and O–H groups in total. The second-order valence-electron chi connectivity index (χ2n) is 3.86. The standard InChI is InChI=1S/C11H13F2NO/c12-9-2-1-3-10(11(9)13)14-5-4-8(6-14)7-15/h1-3,8,15H,4-7H2. The second kappa shape index (κ2) is 4.14. The van der Waals surface area contributed by atoms with Crippen LogP contribution in [0.15, 0.2) is 18.2 Å². The summed E-state index contributed by atoms with van der Waals surface area (Å²) in [4.78, 5) is 1.78. The smallest absolute Gasteiger partial charge is 0.182 e. The maximum Gasteiger partial charge on any atom is 0.182 e.